The molecule has 2 aliphatic rings. The molecule has 3 rings (SSSR count). The molecular formula is C13H14F3IO. The van der Waals surface area contributed by atoms with Crippen molar-refractivity contribution in [3.8, 4) is 0 Å². The summed E-state index contributed by atoms with van der Waals surface area (Å²) in [6.07, 6.45) is 4.53. The van der Waals surface area contributed by atoms with E-state index in [1.807, 2.05) is 12.1 Å². The second kappa shape index (κ2) is 4.37. The predicted octanol–water partition coefficient (Wildman–Crippen LogP) is 4.99. The van der Waals surface area contributed by atoms with Crippen molar-refractivity contribution in [2.24, 2.45) is 0 Å². The summed E-state index contributed by atoms with van der Waals surface area (Å²) in [4.78, 5) is 0. The standard InChI is InChI=1S/C13H14F3IO/c14-13(15,16)17-11-7-3-2-6-10(11)12(18-17)8-4-1-5-9-12/h2-3,6-7H,1,4-5,8-9H2. The van der Waals surface area contributed by atoms with E-state index in [2.05, 4.69) is 0 Å². The molecule has 0 atom stereocenters. The van der Waals surface area contributed by atoms with Gasteiger partial charge in [0.05, 0.1) is 0 Å². The fourth-order valence-electron chi connectivity index (χ4n) is 2.84. The number of fused-ring (bicyclic) bond motifs is 2. The van der Waals surface area contributed by atoms with Crippen LogP contribution in [0.1, 0.15) is 37.7 Å². The molecule has 0 saturated heterocycles. The Kier molecular flexibility index (Phi) is 3.09. The van der Waals surface area contributed by atoms with Crippen LogP contribution in [0.2, 0.25) is 0 Å². The van der Waals surface area contributed by atoms with Crippen LogP contribution in [-0.2, 0) is 8.67 Å². The van der Waals surface area contributed by atoms with Crippen LogP contribution < -0.4 is 0 Å². The van der Waals surface area contributed by atoms with Crippen LogP contribution >= 0.6 is 20.2 Å². The van der Waals surface area contributed by atoms with Crippen LogP contribution in [0.25, 0.3) is 0 Å². The van der Waals surface area contributed by atoms with Gasteiger partial charge in [-0.1, -0.05) is 0 Å². The minimum atomic E-state index is -4.17. The van der Waals surface area contributed by atoms with Gasteiger partial charge in [-0.2, -0.15) is 0 Å². The number of rotatable bonds is 0. The Hall–Kier alpha value is -0.300. The van der Waals surface area contributed by atoms with E-state index in [9.17, 15) is 13.2 Å². The van der Waals surface area contributed by atoms with Crippen LogP contribution in [0.5, 0.6) is 0 Å². The summed E-state index contributed by atoms with van der Waals surface area (Å²) in [6.45, 7) is 0. The van der Waals surface area contributed by atoms with E-state index in [0.717, 1.165) is 37.7 Å². The first-order valence-corrected chi connectivity index (χ1v) is 9.13. The third kappa shape index (κ3) is 1.95. The van der Waals surface area contributed by atoms with Crippen molar-refractivity contribution >= 4 is 20.2 Å². The molecule has 1 saturated carbocycles. The number of hydrogen-bond acceptors (Lipinski definition) is 1. The van der Waals surface area contributed by atoms with Crippen LogP contribution in [-0.4, -0.2) is 4.18 Å². The quantitative estimate of drug-likeness (QED) is 0.462. The monoisotopic (exact) mass is 370 g/mol. The summed E-state index contributed by atoms with van der Waals surface area (Å²) in [5.74, 6) is 0. The van der Waals surface area contributed by atoms with Crippen molar-refractivity contribution in [2.75, 3.05) is 0 Å². The van der Waals surface area contributed by atoms with Gasteiger partial charge < -0.3 is 0 Å². The Morgan fingerprint density at radius 2 is 1.72 bits per heavy atom. The Labute approximate surface area is 112 Å². The SMILES string of the molecule is FC(F)(F)I1OC2(CCCCC2)c2ccccc21. The summed E-state index contributed by atoms with van der Waals surface area (Å²) in [6, 6.07) is 6.98. The van der Waals surface area contributed by atoms with Gasteiger partial charge >= 0.3 is 112 Å². The zero-order valence-corrected chi connectivity index (χ0v) is 11.9. The Bertz CT molecular complexity index is 452. The average molecular weight is 370 g/mol. The summed E-state index contributed by atoms with van der Waals surface area (Å²) >= 11 is -3.51. The molecule has 18 heavy (non-hydrogen) atoms. The molecular weight excluding hydrogens is 356 g/mol. The predicted molar refractivity (Wildman–Crippen MR) is 71.1 cm³/mol. The topological polar surface area (TPSA) is 9.23 Å². The van der Waals surface area contributed by atoms with Crippen LogP contribution in [0.15, 0.2) is 24.3 Å². The summed E-state index contributed by atoms with van der Waals surface area (Å²) in [5.41, 5.74) is 0.210. The van der Waals surface area contributed by atoms with Gasteiger partial charge in [0.15, 0.2) is 0 Å². The molecule has 1 aliphatic heterocycles. The van der Waals surface area contributed by atoms with Gasteiger partial charge in [-0.3, -0.25) is 0 Å². The molecule has 1 aromatic rings. The molecule has 1 heterocycles. The van der Waals surface area contributed by atoms with Gasteiger partial charge in [0.1, 0.15) is 0 Å². The van der Waals surface area contributed by atoms with Crippen LogP contribution in [0.3, 0.4) is 0 Å². The molecule has 1 spiro atoms. The van der Waals surface area contributed by atoms with E-state index in [1.54, 1.807) is 12.1 Å². The summed E-state index contributed by atoms with van der Waals surface area (Å²) in [5, 5.41) is 0. The van der Waals surface area contributed by atoms with E-state index in [4.69, 9.17) is 3.07 Å². The van der Waals surface area contributed by atoms with E-state index in [1.165, 1.54) is 0 Å². The zero-order valence-electron chi connectivity index (χ0n) is 9.77. The fraction of sp³-hybridized carbons (Fsp3) is 0.538. The third-order valence-electron chi connectivity index (χ3n) is 3.63. The number of hydrogen-bond donors (Lipinski definition) is 0. The van der Waals surface area contributed by atoms with Gasteiger partial charge in [-0.05, 0) is 0 Å². The van der Waals surface area contributed by atoms with E-state index in [0.29, 0.717) is 3.57 Å². The van der Waals surface area contributed by atoms with Gasteiger partial charge in [0, 0.05) is 0 Å². The number of alkyl halides is 4. The molecule has 0 radical (unpaired) electrons. The van der Waals surface area contributed by atoms with E-state index < -0.39 is 30.0 Å². The molecule has 1 nitrogen and oxygen atoms in total. The van der Waals surface area contributed by atoms with Crippen LogP contribution in [0, 0.1) is 3.57 Å². The second-order valence-corrected chi connectivity index (χ2v) is 9.04. The Balaban J connectivity index is 2.06. The molecule has 0 N–H and O–H groups in total. The molecule has 1 fully saturated rings. The molecule has 0 unspecified atom stereocenters. The maximum absolute atomic E-state index is 13.1. The molecule has 0 bridgehead atoms. The molecule has 100 valence electrons. The first-order valence-electron chi connectivity index (χ1n) is 6.09. The fourth-order valence-corrected chi connectivity index (χ4v) is 7.24. The maximum atomic E-state index is 13.1. The van der Waals surface area contributed by atoms with Crippen molar-refractivity contribution < 1.29 is 16.2 Å². The van der Waals surface area contributed by atoms with Gasteiger partial charge in [0.25, 0.3) is 0 Å². The van der Waals surface area contributed by atoms with Crippen molar-refractivity contribution in [1.29, 1.82) is 0 Å². The third-order valence-corrected chi connectivity index (χ3v) is 8.02. The Morgan fingerprint density at radius 3 is 2.39 bits per heavy atom. The van der Waals surface area contributed by atoms with E-state index >= 15 is 0 Å². The molecule has 0 amide bonds. The van der Waals surface area contributed by atoms with Gasteiger partial charge in [-0.25, -0.2) is 0 Å². The Morgan fingerprint density at radius 1 is 1.06 bits per heavy atom. The second-order valence-electron chi connectivity index (χ2n) is 4.79. The van der Waals surface area contributed by atoms with E-state index in [-0.39, 0.29) is 0 Å². The van der Waals surface area contributed by atoms with Gasteiger partial charge in [0.2, 0.25) is 0 Å². The van der Waals surface area contributed by atoms with Crippen LogP contribution in [0.4, 0.5) is 13.2 Å². The summed E-state index contributed by atoms with van der Waals surface area (Å²) in [7, 11) is 0. The molecule has 1 aromatic carbocycles. The normalized spacial score (nSPS) is 24.3. The van der Waals surface area contributed by atoms with Crippen molar-refractivity contribution in [1.82, 2.24) is 0 Å². The minimum absolute atomic E-state index is 0.469. The average Bonchev–Trinajstić information content (AvgIpc) is 2.66. The molecule has 0 aromatic heterocycles. The van der Waals surface area contributed by atoms with Crippen molar-refractivity contribution in [3.05, 3.63) is 33.4 Å². The van der Waals surface area contributed by atoms with Crippen molar-refractivity contribution in [3.63, 3.8) is 0 Å². The van der Waals surface area contributed by atoms with Crippen molar-refractivity contribution in [2.45, 2.75) is 41.9 Å². The first-order chi connectivity index (χ1) is 8.53. The molecule has 5 heteroatoms. The zero-order chi connectivity index (χ0) is 12.8. The number of halogens is 4. The first kappa shape index (κ1) is 12.7. The van der Waals surface area contributed by atoms with Gasteiger partial charge in [-0.15, -0.1) is 0 Å². The summed E-state index contributed by atoms with van der Waals surface area (Å²) < 4.78 is 41.3. The molecule has 1 aliphatic carbocycles. The number of benzene rings is 1.